The average molecular weight is 205 g/mol. The minimum absolute atomic E-state index is 0.139. The summed E-state index contributed by atoms with van der Waals surface area (Å²) in [6.07, 6.45) is 10.6. The molecule has 0 aliphatic rings. The normalized spacial score (nSPS) is 10.2. The summed E-state index contributed by atoms with van der Waals surface area (Å²) in [6, 6.07) is 1.88. The van der Waals surface area contributed by atoms with Gasteiger partial charge in [0, 0.05) is 24.5 Å². The molecule has 0 amide bonds. The maximum absolute atomic E-state index is 11.0. The molecule has 2 heteroatoms. The molecule has 0 aliphatic carbocycles. The highest BCUT2D eigenvalue weighted by Gasteiger charge is 2.00. The Morgan fingerprint density at radius 1 is 1.47 bits per heavy atom. The summed E-state index contributed by atoms with van der Waals surface area (Å²) in [4.78, 5) is 11.0. The molecule has 1 aromatic rings. The standard InChI is InChI=1S/C13H19NO/c1-3-4-5-6-7-9-14-10-8-13(11-14)12(2)15/h3,8,10-11H,1,4-7,9H2,2H3. The molecule has 0 spiro atoms. The van der Waals surface area contributed by atoms with E-state index in [1.165, 1.54) is 19.3 Å². The summed E-state index contributed by atoms with van der Waals surface area (Å²) in [7, 11) is 0. The van der Waals surface area contributed by atoms with Crippen molar-refractivity contribution in [2.24, 2.45) is 0 Å². The molecule has 15 heavy (non-hydrogen) atoms. The van der Waals surface area contributed by atoms with E-state index in [4.69, 9.17) is 0 Å². The lowest BCUT2D eigenvalue weighted by atomic mass is 10.2. The Morgan fingerprint density at radius 2 is 2.27 bits per heavy atom. The second-order valence-electron chi connectivity index (χ2n) is 3.83. The molecule has 2 nitrogen and oxygen atoms in total. The fourth-order valence-electron chi connectivity index (χ4n) is 1.55. The number of hydrogen-bond donors (Lipinski definition) is 0. The van der Waals surface area contributed by atoms with Gasteiger partial charge in [-0.25, -0.2) is 0 Å². The third-order valence-corrected chi connectivity index (χ3v) is 2.48. The Balaban J connectivity index is 2.25. The lowest BCUT2D eigenvalue weighted by Gasteiger charge is -2.01. The highest BCUT2D eigenvalue weighted by atomic mass is 16.1. The Hall–Kier alpha value is -1.31. The molecule has 0 aromatic carbocycles. The Kier molecular flexibility index (Phi) is 4.88. The zero-order valence-electron chi connectivity index (χ0n) is 9.41. The summed E-state index contributed by atoms with van der Waals surface area (Å²) in [6.45, 7) is 6.30. The quantitative estimate of drug-likeness (QED) is 0.379. The summed E-state index contributed by atoms with van der Waals surface area (Å²) in [5.74, 6) is 0.139. The third-order valence-electron chi connectivity index (χ3n) is 2.48. The summed E-state index contributed by atoms with van der Waals surface area (Å²) < 4.78 is 2.09. The monoisotopic (exact) mass is 205 g/mol. The number of carbonyl (C=O) groups is 1. The van der Waals surface area contributed by atoms with E-state index in [0.717, 1.165) is 18.5 Å². The molecule has 0 aliphatic heterocycles. The number of allylic oxidation sites excluding steroid dienone is 1. The molecule has 0 saturated heterocycles. The molecule has 0 radical (unpaired) electrons. The van der Waals surface area contributed by atoms with Crippen LogP contribution >= 0.6 is 0 Å². The van der Waals surface area contributed by atoms with Crippen LogP contribution in [0.3, 0.4) is 0 Å². The zero-order chi connectivity index (χ0) is 11.1. The number of unbranched alkanes of at least 4 members (excludes halogenated alkanes) is 3. The van der Waals surface area contributed by atoms with E-state index >= 15 is 0 Å². The van der Waals surface area contributed by atoms with Gasteiger partial charge >= 0.3 is 0 Å². The zero-order valence-corrected chi connectivity index (χ0v) is 9.41. The first-order valence-corrected chi connectivity index (χ1v) is 5.51. The summed E-state index contributed by atoms with van der Waals surface area (Å²) >= 11 is 0. The van der Waals surface area contributed by atoms with Gasteiger partial charge < -0.3 is 4.57 Å². The predicted octanol–water partition coefficient (Wildman–Crippen LogP) is 3.44. The first kappa shape index (κ1) is 11.8. The van der Waals surface area contributed by atoms with Crippen molar-refractivity contribution in [3.8, 4) is 0 Å². The maximum atomic E-state index is 11.0. The second-order valence-corrected chi connectivity index (χ2v) is 3.83. The predicted molar refractivity (Wildman–Crippen MR) is 63.1 cm³/mol. The van der Waals surface area contributed by atoms with Crippen LogP contribution in [0.15, 0.2) is 31.1 Å². The highest BCUT2D eigenvalue weighted by molar-refractivity contribution is 5.93. The second kappa shape index (κ2) is 6.23. The fourth-order valence-corrected chi connectivity index (χ4v) is 1.55. The number of aromatic nitrogens is 1. The van der Waals surface area contributed by atoms with Gasteiger partial charge in [0.15, 0.2) is 5.78 Å². The van der Waals surface area contributed by atoms with E-state index in [1.54, 1.807) is 6.92 Å². The van der Waals surface area contributed by atoms with Gasteiger partial charge in [-0.3, -0.25) is 4.79 Å². The summed E-state index contributed by atoms with van der Waals surface area (Å²) in [5.41, 5.74) is 0.807. The van der Waals surface area contributed by atoms with Gasteiger partial charge in [-0.15, -0.1) is 6.58 Å². The number of Topliss-reactive ketones (excluding diaryl/α,β-unsaturated/α-hetero) is 1. The van der Waals surface area contributed by atoms with Gasteiger partial charge in [0.05, 0.1) is 0 Å². The van der Waals surface area contributed by atoms with Crippen molar-refractivity contribution in [1.29, 1.82) is 0 Å². The molecular weight excluding hydrogens is 186 g/mol. The largest absolute Gasteiger partial charge is 0.354 e. The lowest BCUT2D eigenvalue weighted by molar-refractivity contribution is 0.101. The van der Waals surface area contributed by atoms with E-state index in [0.29, 0.717) is 0 Å². The van der Waals surface area contributed by atoms with Gasteiger partial charge in [0.25, 0.3) is 0 Å². The Bertz CT molecular complexity index is 325. The van der Waals surface area contributed by atoms with Crippen molar-refractivity contribution in [2.75, 3.05) is 0 Å². The number of rotatable bonds is 7. The van der Waals surface area contributed by atoms with E-state index in [9.17, 15) is 4.79 Å². The molecule has 0 N–H and O–H groups in total. The van der Waals surface area contributed by atoms with Crippen LogP contribution in [0.1, 0.15) is 43.0 Å². The smallest absolute Gasteiger partial charge is 0.161 e. The third kappa shape index (κ3) is 4.15. The molecule has 0 atom stereocenters. The maximum Gasteiger partial charge on any atom is 0.161 e. The van der Waals surface area contributed by atoms with Crippen LogP contribution in [0.2, 0.25) is 0 Å². The van der Waals surface area contributed by atoms with Crippen LogP contribution in [0.5, 0.6) is 0 Å². The summed E-state index contributed by atoms with van der Waals surface area (Å²) in [5, 5.41) is 0. The first-order chi connectivity index (χ1) is 7.24. The Morgan fingerprint density at radius 3 is 2.87 bits per heavy atom. The van der Waals surface area contributed by atoms with Gasteiger partial charge in [-0.1, -0.05) is 12.5 Å². The molecule has 0 saturated carbocycles. The SMILES string of the molecule is C=CCCCCCn1ccc(C(C)=O)c1. The minimum atomic E-state index is 0.139. The number of nitrogens with zero attached hydrogens (tertiary/aromatic N) is 1. The van der Waals surface area contributed by atoms with Gasteiger partial charge in [0.1, 0.15) is 0 Å². The molecule has 1 heterocycles. The van der Waals surface area contributed by atoms with Gasteiger partial charge in [-0.2, -0.15) is 0 Å². The Labute approximate surface area is 91.6 Å². The van der Waals surface area contributed by atoms with Crippen LogP contribution in [-0.4, -0.2) is 10.4 Å². The van der Waals surface area contributed by atoms with E-state index < -0.39 is 0 Å². The van der Waals surface area contributed by atoms with Crippen LogP contribution < -0.4 is 0 Å². The van der Waals surface area contributed by atoms with Crippen molar-refractivity contribution < 1.29 is 4.79 Å². The van der Waals surface area contributed by atoms with Crippen LogP contribution in [-0.2, 0) is 6.54 Å². The van der Waals surface area contributed by atoms with Crippen LogP contribution in [0, 0.1) is 0 Å². The number of ketones is 1. The average Bonchev–Trinajstić information content (AvgIpc) is 2.66. The molecule has 82 valence electrons. The number of carbonyl (C=O) groups excluding carboxylic acids is 1. The van der Waals surface area contributed by atoms with Gasteiger partial charge in [-0.05, 0) is 32.3 Å². The van der Waals surface area contributed by atoms with Crippen molar-refractivity contribution in [3.63, 3.8) is 0 Å². The van der Waals surface area contributed by atoms with Gasteiger partial charge in [0.2, 0.25) is 0 Å². The van der Waals surface area contributed by atoms with Crippen LogP contribution in [0.25, 0.3) is 0 Å². The van der Waals surface area contributed by atoms with Crippen molar-refractivity contribution >= 4 is 5.78 Å². The van der Waals surface area contributed by atoms with Crippen molar-refractivity contribution in [3.05, 3.63) is 36.7 Å². The molecule has 1 rings (SSSR count). The van der Waals surface area contributed by atoms with E-state index in [2.05, 4.69) is 11.1 Å². The number of aryl methyl sites for hydroxylation is 1. The first-order valence-electron chi connectivity index (χ1n) is 5.51. The topological polar surface area (TPSA) is 22.0 Å². The molecule has 0 fully saturated rings. The lowest BCUT2D eigenvalue weighted by Crippen LogP contribution is -1.95. The van der Waals surface area contributed by atoms with E-state index in [-0.39, 0.29) is 5.78 Å². The fraction of sp³-hybridized carbons (Fsp3) is 0.462. The molecule has 0 unspecified atom stereocenters. The molecular formula is C13H19NO. The molecule has 0 bridgehead atoms. The highest BCUT2D eigenvalue weighted by Crippen LogP contribution is 2.06. The van der Waals surface area contributed by atoms with E-state index in [1.807, 2.05) is 24.5 Å². The number of hydrogen-bond acceptors (Lipinski definition) is 1. The van der Waals surface area contributed by atoms with Crippen LogP contribution in [0.4, 0.5) is 0 Å². The minimum Gasteiger partial charge on any atom is -0.354 e. The molecule has 1 aromatic heterocycles. The van der Waals surface area contributed by atoms with Crippen molar-refractivity contribution in [2.45, 2.75) is 39.2 Å². The van der Waals surface area contributed by atoms with Crippen molar-refractivity contribution in [1.82, 2.24) is 4.57 Å².